The molecule has 0 spiro atoms. The van der Waals surface area contributed by atoms with Crippen LogP contribution in [0, 0.1) is 18.8 Å². The van der Waals surface area contributed by atoms with Crippen molar-refractivity contribution in [3.8, 4) is 0 Å². The molecule has 0 aromatic carbocycles. The van der Waals surface area contributed by atoms with E-state index in [0.29, 0.717) is 0 Å². The van der Waals surface area contributed by atoms with Gasteiger partial charge in [-0.25, -0.2) is 4.98 Å². The van der Waals surface area contributed by atoms with Crippen molar-refractivity contribution >= 4 is 21.7 Å². The Morgan fingerprint density at radius 3 is 3.00 bits per heavy atom. The SMILES string of the molecule is Cc1nc(N2CCC3CNCC3C2)ccc1Br. The van der Waals surface area contributed by atoms with Gasteiger partial charge in [-0.1, -0.05) is 0 Å². The van der Waals surface area contributed by atoms with E-state index in [1.807, 2.05) is 0 Å². The van der Waals surface area contributed by atoms with Crippen LogP contribution in [0.4, 0.5) is 5.82 Å². The largest absolute Gasteiger partial charge is 0.356 e. The van der Waals surface area contributed by atoms with Gasteiger partial charge in [0.25, 0.3) is 0 Å². The Morgan fingerprint density at radius 1 is 1.35 bits per heavy atom. The van der Waals surface area contributed by atoms with Crippen LogP contribution in [0.2, 0.25) is 0 Å². The van der Waals surface area contributed by atoms with Crippen LogP contribution >= 0.6 is 15.9 Å². The highest BCUT2D eigenvalue weighted by atomic mass is 79.9. The zero-order valence-corrected chi connectivity index (χ0v) is 11.7. The average Bonchev–Trinajstić information content (AvgIpc) is 2.79. The van der Waals surface area contributed by atoms with Crippen LogP contribution in [0.25, 0.3) is 0 Å². The molecule has 2 fully saturated rings. The van der Waals surface area contributed by atoms with Crippen LogP contribution in [0.5, 0.6) is 0 Å². The molecule has 0 radical (unpaired) electrons. The van der Waals surface area contributed by atoms with Gasteiger partial charge >= 0.3 is 0 Å². The lowest BCUT2D eigenvalue weighted by molar-refractivity contribution is 0.347. The number of anilines is 1. The summed E-state index contributed by atoms with van der Waals surface area (Å²) in [6, 6.07) is 4.23. The summed E-state index contributed by atoms with van der Waals surface area (Å²) in [5, 5.41) is 3.50. The second-order valence-electron chi connectivity index (χ2n) is 5.15. The molecular weight excluding hydrogens is 278 g/mol. The Balaban J connectivity index is 1.78. The standard InChI is InChI=1S/C13H18BrN3/c1-9-12(14)2-3-13(16-9)17-5-4-10-6-15-7-11(10)8-17/h2-3,10-11,15H,4-8H2,1H3. The fraction of sp³-hybridized carbons (Fsp3) is 0.615. The fourth-order valence-electron chi connectivity index (χ4n) is 2.95. The van der Waals surface area contributed by atoms with Gasteiger partial charge in [0, 0.05) is 17.6 Å². The molecule has 1 aromatic rings. The van der Waals surface area contributed by atoms with E-state index in [9.17, 15) is 0 Å². The number of pyridine rings is 1. The lowest BCUT2D eigenvalue weighted by Gasteiger charge is -2.35. The maximum absolute atomic E-state index is 4.67. The molecule has 1 aromatic heterocycles. The first kappa shape index (κ1) is 11.5. The van der Waals surface area contributed by atoms with Gasteiger partial charge in [-0.15, -0.1) is 0 Å². The van der Waals surface area contributed by atoms with E-state index < -0.39 is 0 Å². The molecule has 0 saturated carbocycles. The van der Waals surface area contributed by atoms with Gasteiger partial charge in [-0.2, -0.15) is 0 Å². The quantitative estimate of drug-likeness (QED) is 0.861. The van der Waals surface area contributed by atoms with Crippen LogP contribution in [0.3, 0.4) is 0 Å². The van der Waals surface area contributed by atoms with E-state index in [0.717, 1.165) is 40.9 Å². The van der Waals surface area contributed by atoms with Gasteiger partial charge in [0.2, 0.25) is 0 Å². The van der Waals surface area contributed by atoms with E-state index in [4.69, 9.17) is 0 Å². The van der Waals surface area contributed by atoms with Gasteiger partial charge in [0.05, 0.1) is 5.69 Å². The number of piperidine rings is 1. The number of fused-ring (bicyclic) bond motifs is 1. The Kier molecular flexibility index (Phi) is 3.09. The predicted molar refractivity (Wildman–Crippen MR) is 73.4 cm³/mol. The third-order valence-electron chi connectivity index (χ3n) is 4.04. The molecule has 3 rings (SSSR count). The van der Waals surface area contributed by atoms with Crippen molar-refractivity contribution in [3.63, 3.8) is 0 Å². The van der Waals surface area contributed by atoms with Gasteiger partial charge < -0.3 is 10.2 Å². The van der Waals surface area contributed by atoms with Gasteiger partial charge in [-0.05, 0) is 66.3 Å². The van der Waals surface area contributed by atoms with Crippen molar-refractivity contribution in [2.24, 2.45) is 11.8 Å². The molecule has 0 aliphatic carbocycles. The summed E-state index contributed by atoms with van der Waals surface area (Å²) in [5.74, 6) is 2.84. The number of nitrogens with one attached hydrogen (secondary N) is 1. The summed E-state index contributed by atoms with van der Waals surface area (Å²) >= 11 is 3.51. The van der Waals surface area contributed by atoms with Gasteiger partial charge in [-0.3, -0.25) is 0 Å². The molecule has 0 amide bonds. The normalized spacial score (nSPS) is 28.2. The first-order chi connectivity index (χ1) is 8.24. The summed E-state index contributed by atoms with van der Waals surface area (Å²) in [4.78, 5) is 7.11. The molecule has 2 saturated heterocycles. The van der Waals surface area contributed by atoms with E-state index in [-0.39, 0.29) is 0 Å². The molecule has 1 N–H and O–H groups in total. The highest BCUT2D eigenvalue weighted by Gasteiger charge is 2.33. The van der Waals surface area contributed by atoms with Gasteiger partial charge in [0.1, 0.15) is 5.82 Å². The van der Waals surface area contributed by atoms with Crippen molar-refractivity contribution in [1.82, 2.24) is 10.3 Å². The van der Waals surface area contributed by atoms with Crippen molar-refractivity contribution in [3.05, 3.63) is 22.3 Å². The fourth-order valence-corrected chi connectivity index (χ4v) is 3.17. The van der Waals surface area contributed by atoms with Crippen LogP contribution in [0.15, 0.2) is 16.6 Å². The van der Waals surface area contributed by atoms with Gasteiger partial charge in [0.15, 0.2) is 0 Å². The van der Waals surface area contributed by atoms with Crippen molar-refractivity contribution in [2.75, 3.05) is 31.1 Å². The van der Waals surface area contributed by atoms with E-state index >= 15 is 0 Å². The van der Waals surface area contributed by atoms with Crippen LogP contribution in [-0.2, 0) is 0 Å². The smallest absolute Gasteiger partial charge is 0.128 e. The number of aromatic nitrogens is 1. The maximum atomic E-state index is 4.67. The summed E-state index contributed by atoms with van der Waals surface area (Å²) in [6.07, 6.45) is 1.30. The molecular formula is C13H18BrN3. The molecule has 3 nitrogen and oxygen atoms in total. The molecule has 2 unspecified atom stereocenters. The minimum atomic E-state index is 0.814. The minimum absolute atomic E-state index is 0.814. The van der Waals surface area contributed by atoms with Crippen LogP contribution < -0.4 is 10.2 Å². The number of nitrogens with zero attached hydrogens (tertiary/aromatic N) is 2. The Bertz CT molecular complexity index is 421. The predicted octanol–water partition coefficient (Wildman–Crippen LogP) is 2.20. The lowest BCUT2D eigenvalue weighted by atomic mass is 9.89. The maximum Gasteiger partial charge on any atom is 0.128 e. The Labute approximate surface area is 111 Å². The molecule has 17 heavy (non-hydrogen) atoms. The minimum Gasteiger partial charge on any atom is -0.356 e. The number of hydrogen-bond donors (Lipinski definition) is 1. The first-order valence-electron chi connectivity index (χ1n) is 6.33. The highest BCUT2D eigenvalue weighted by molar-refractivity contribution is 9.10. The molecule has 4 heteroatoms. The van der Waals surface area contributed by atoms with E-state index in [1.165, 1.54) is 19.5 Å². The molecule has 92 valence electrons. The summed E-state index contributed by atoms with van der Waals surface area (Å²) in [5.41, 5.74) is 1.08. The van der Waals surface area contributed by atoms with E-state index in [2.05, 4.69) is 50.2 Å². The lowest BCUT2D eigenvalue weighted by Crippen LogP contribution is -2.40. The third-order valence-corrected chi connectivity index (χ3v) is 4.87. The monoisotopic (exact) mass is 295 g/mol. The number of rotatable bonds is 1. The number of aryl methyl sites for hydroxylation is 1. The highest BCUT2D eigenvalue weighted by Crippen LogP contribution is 2.29. The summed E-state index contributed by atoms with van der Waals surface area (Å²) in [7, 11) is 0. The molecule has 3 heterocycles. The zero-order valence-electron chi connectivity index (χ0n) is 10.1. The van der Waals surface area contributed by atoms with Crippen molar-refractivity contribution < 1.29 is 0 Å². The number of hydrogen-bond acceptors (Lipinski definition) is 3. The van der Waals surface area contributed by atoms with Crippen LogP contribution in [0.1, 0.15) is 12.1 Å². The topological polar surface area (TPSA) is 28.2 Å². The summed E-state index contributed by atoms with van der Waals surface area (Å²) in [6.45, 7) is 6.75. The second kappa shape index (κ2) is 4.58. The molecule has 2 aliphatic rings. The summed E-state index contributed by atoms with van der Waals surface area (Å²) < 4.78 is 1.10. The van der Waals surface area contributed by atoms with Crippen molar-refractivity contribution in [1.29, 1.82) is 0 Å². The Hall–Kier alpha value is -0.610. The van der Waals surface area contributed by atoms with Crippen LogP contribution in [-0.4, -0.2) is 31.2 Å². The molecule has 2 aliphatic heterocycles. The van der Waals surface area contributed by atoms with Crippen molar-refractivity contribution in [2.45, 2.75) is 13.3 Å². The average molecular weight is 296 g/mol. The number of halogens is 1. The second-order valence-corrected chi connectivity index (χ2v) is 6.00. The zero-order chi connectivity index (χ0) is 11.8. The first-order valence-corrected chi connectivity index (χ1v) is 7.12. The third kappa shape index (κ3) is 2.20. The molecule has 2 atom stereocenters. The Morgan fingerprint density at radius 2 is 2.18 bits per heavy atom. The molecule has 0 bridgehead atoms. The van der Waals surface area contributed by atoms with E-state index in [1.54, 1.807) is 0 Å².